The number of fused-ring (bicyclic) bond motifs is 1. The molecule has 1 amide bonds. The fraction of sp³-hybridized carbons (Fsp3) is 0.273. The highest BCUT2D eigenvalue weighted by Crippen LogP contribution is 2.19. The van der Waals surface area contributed by atoms with E-state index in [1.54, 1.807) is 31.2 Å². The monoisotopic (exact) mass is 472 g/mol. The molecular weight excluding hydrogens is 448 g/mol. The normalized spacial score (nSPS) is 12.5. The number of nitrogens with one attached hydrogen (secondary N) is 1. The van der Waals surface area contributed by atoms with Crippen LogP contribution in [0.4, 0.5) is 5.69 Å². The summed E-state index contributed by atoms with van der Waals surface area (Å²) < 4.78 is 32.1. The minimum atomic E-state index is -3.68. The second-order valence-corrected chi connectivity index (χ2v) is 9.52. The SMILES string of the molecule is CCn1nc(C(=O)O[C@H](C)C(=O)Nc2cccc(S(=O)(=O)N(C)C)c2)c2ccccc2c1=O. The standard InChI is InChI=1S/C22H24N4O6S/c1-5-26-21(28)18-12-7-6-11-17(18)19(24-26)22(29)32-14(2)20(27)23-15-9-8-10-16(13-15)33(30,31)25(3)4/h6-14H,5H2,1-4H3,(H,23,27)/t14-/m1/s1. The largest absolute Gasteiger partial charge is 0.448 e. The summed E-state index contributed by atoms with van der Waals surface area (Å²) >= 11 is 0. The van der Waals surface area contributed by atoms with Gasteiger partial charge >= 0.3 is 5.97 Å². The molecule has 0 saturated carbocycles. The highest BCUT2D eigenvalue weighted by atomic mass is 32.2. The van der Waals surface area contributed by atoms with Crippen LogP contribution in [0.3, 0.4) is 0 Å². The van der Waals surface area contributed by atoms with Crippen molar-refractivity contribution in [1.82, 2.24) is 14.1 Å². The average molecular weight is 473 g/mol. The first-order chi connectivity index (χ1) is 15.6. The van der Waals surface area contributed by atoms with Gasteiger partial charge in [-0.05, 0) is 38.1 Å². The lowest BCUT2D eigenvalue weighted by Gasteiger charge is -2.16. The third kappa shape index (κ3) is 4.94. The molecule has 0 radical (unpaired) electrons. The average Bonchev–Trinajstić information content (AvgIpc) is 2.79. The summed E-state index contributed by atoms with van der Waals surface area (Å²) in [5, 5.41) is 7.28. The Morgan fingerprint density at radius 2 is 1.79 bits per heavy atom. The second kappa shape index (κ2) is 9.51. The van der Waals surface area contributed by atoms with Crippen molar-refractivity contribution in [2.75, 3.05) is 19.4 Å². The van der Waals surface area contributed by atoms with Crippen LogP contribution in [-0.2, 0) is 26.1 Å². The maximum atomic E-state index is 12.8. The van der Waals surface area contributed by atoms with Crippen molar-refractivity contribution < 1.29 is 22.7 Å². The van der Waals surface area contributed by atoms with Crippen LogP contribution < -0.4 is 10.9 Å². The number of aromatic nitrogens is 2. The van der Waals surface area contributed by atoms with Crippen molar-refractivity contribution in [2.24, 2.45) is 0 Å². The second-order valence-electron chi connectivity index (χ2n) is 7.37. The highest BCUT2D eigenvalue weighted by molar-refractivity contribution is 7.89. The number of rotatable bonds is 7. The van der Waals surface area contributed by atoms with Crippen molar-refractivity contribution in [3.63, 3.8) is 0 Å². The van der Waals surface area contributed by atoms with E-state index in [-0.39, 0.29) is 28.4 Å². The predicted octanol–water partition coefficient (Wildman–Crippen LogP) is 1.85. The summed E-state index contributed by atoms with van der Waals surface area (Å²) in [6.45, 7) is 3.36. The number of hydrogen-bond acceptors (Lipinski definition) is 7. The minimum absolute atomic E-state index is 0.00689. The summed E-state index contributed by atoms with van der Waals surface area (Å²) in [5.74, 6) is -1.52. The Morgan fingerprint density at radius 1 is 1.12 bits per heavy atom. The molecular formula is C22H24N4O6S. The van der Waals surface area contributed by atoms with E-state index >= 15 is 0 Å². The molecule has 33 heavy (non-hydrogen) atoms. The van der Waals surface area contributed by atoms with Crippen LogP contribution in [0.5, 0.6) is 0 Å². The molecule has 174 valence electrons. The molecule has 0 aliphatic rings. The lowest BCUT2D eigenvalue weighted by atomic mass is 10.1. The van der Waals surface area contributed by atoms with Gasteiger partial charge in [-0.2, -0.15) is 5.10 Å². The van der Waals surface area contributed by atoms with Crippen molar-refractivity contribution in [2.45, 2.75) is 31.4 Å². The maximum absolute atomic E-state index is 12.8. The number of nitrogens with zero attached hydrogens (tertiary/aromatic N) is 3. The zero-order valence-electron chi connectivity index (χ0n) is 18.6. The van der Waals surface area contributed by atoms with Gasteiger partial charge in [0.15, 0.2) is 11.8 Å². The molecule has 11 heteroatoms. The van der Waals surface area contributed by atoms with Gasteiger partial charge in [0.25, 0.3) is 11.5 Å². The molecule has 1 atom stereocenters. The van der Waals surface area contributed by atoms with Gasteiger partial charge in [-0.1, -0.05) is 24.3 Å². The molecule has 3 rings (SSSR count). The molecule has 3 aromatic rings. The fourth-order valence-corrected chi connectivity index (χ4v) is 4.01. The van der Waals surface area contributed by atoms with E-state index in [2.05, 4.69) is 10.4 Å². The van der Waals surface area contributed by atoms with Crippen molar-refractivity contribution in [3.8, 4) is 0 Å². The molecule has 1 aromatic heterocycles. The Labute approximate surface area is 190 Å². The van der Waals surface area contributed by atoms with Crippen LogP contribution in [0.15, 0.2) is 58.2 Å². The summed E-state index contributed by atoms with van der Waals surface area (Å²) in [7, 11) is -0.872. The minimum Gasteiger partial charge on any atom is -0.448 e. The Morgan fingerprint density at radius 3 is 2.42 bits per heavy atom. The summed E-state index contributed by atoms with van der Waals surface area (Å²) in [4.78, 5) is 37.8. The number of carbonyl (C=O) groups is 2. The van der Waals surface area contributed by atoms with Gasteiger partial charge in [-0.3, -0.25) is 9.59 Å². The topological polar surface area (TPSA) is 128 Å². The predicted molar refractivity (Wildman–Crippen MR) is 122 cm³/mol. The summed E-state index contributed by atoms with van der Waals surface area (Å²) in [6, 6.07) is 12.3. The lowest BCUT2D eigenvalue weighted by molar-refractivity contribution is -0.123. The van der Waals surface area contributed by atoms with Gasteiger partial charge in [0.1, 0.15) is 0 Å². The highest BCUT2D eigenvalue weighted by Gasteiger charge is 2.24. The van der Waals surface area contributed by atoms with Crippen LogP contribution in [0.1, 0.15) is 24.3 Å². The number of aryl methyl sites for hydroxylation is 1. The van der Waals surface area contributed by atoms with E-state index in [0.29, 0.717) is 10.8 Å². The number of carbonyl (C=O) groups excluding carboxylic acids is 2. The van der Waals surface area contributed by atoms with Gasteiger partial charge in [-0.15, -0.1) is 0 Å². The fourth-order valence-electron chi connectivity index (χ4n) is 3.06. The van der Waals surface area contributed by atoms with E-state index in [9.17, 15) is 22.8 Å². The van der Waals surface area contributed by atoms with E-state index in [1.807, 2.05) is 0 Å². The molecule has 0 bridgehead atoms. The number of sulfonamides is 1. The Balaban J connectivity index is 1.81. The molecule has 0 fully saturated rings. The van der Waals surface area contributed by atoms with Crippen LogP contribution in [-0.4, -0.2) is 54.6 Å². The molecule has 0 spiro atoms. The summed E-state index contributed by atoms with van der Waals surface area (Å²) in [5.41, 5.74) is -0.178. The first kappa shape index (κ1) is 24.1. The Hall–Kier alpha value is -3.57. The molecule has 1 N–H and O–H groups in total. The van der Waals surface area contributed by atoms with Gasteiger partial charge in [-0.25, -0.2) is 22.2 Å². The number of ether oxygens (including phenoxy) is 1. The van der Waals surface area contributed by atoms with Gasteiger partial charge in [0.2, 0.25) is 10.0 Å². The number of esters is 1. The number of benzene rings is 2. The Kier molecular flexibility index (Phi) is 6.94. The van der Waals surface area contributed by atoms with Crippen molar-refractivity contribution in [3.05, 3.63) is 64.6 Å². The number of anilines is 1. The van der Waals surface area contributed by atoms with Crippen molar-refractivity contribution >= 4 is 38.4 Å². The summed E-state index contributed by atoms with van der Waals surface area (Å²) in [6.07, 6.45) is -1.21. The zero-order chi connectivity index (χ0) is 24.3. The molecule has 0 unspecified atom stereocenters. The van der Waals surface area contributed by atoms with Gasteiger partial charge < -0.3 is 10.1 Å². The molecule has 0 aliphatic carbocycles. The van der Waals surface area contributed by atoms with Crippen LogP contribution in [0.2, 0.25) is 0 Å². The lowest BCUT2D eigenvalue weighted by Crippen LogP contribution is -2.32. The third-order valence-corrected chi connectivity index (χ3v) is 6.70. The van der Waals surface area contributed by atoms with E-state index in [1.165, 1.54) is 45.3 Å². The molecule has 0 aliphatic heterocycles. The number of hydrogen-bond donors (Lipinski definition) is 1. The van der Waals surface area contributed by atoms with Crippen LogP contribution in [0.25, 0.3) is 10.8 Å². The van der Waals surface area contributed by atoms with E-state index in [4.69, 9.17) is 4.74 Å². The zero-order valence-corrected chi connectivity index (χ0v) is 19.4. The molecule has 2 aromatic carbocycles. The first-order valence-electron chi connectivity index (χ1n) is 10.1. The molecule has 1 heterocycles. The maximum Gasteiger partial charge on any atom is 0.360 e. The quantitative estimate of drug-likeness (QED) is 0.520. The smallest absolute Gasteiger partial charge is 0.360 e. The first-order valence-corrected chi connectivity index (χ1v) is 11.5. The van der Waals surface area contributed by atoms with Gasteiger partial charge in [0.05, 0.1) is 10.3 Å². The third-order valence-electron chi connectivity index (χ3n) is 4.89. The van der Waals surface area contributed by atoms with Gasteiger partial charge in [0, 0.05) is 31.7 Å². The Bertz CT molecular complexity index is 1380. The van der Waals surface area contributed by atoms with E-state index in [0.717, 1.165) is 8.99 Å². The van der Waals surface area contributed by atoms with Crippen LogP contribution >= 0.6 is 0 Å². The van der Waals surface area contributed by atoms with Crippen molar-refractivity contribution in [1.29, 1.82) is 0 Å². The molecule has 0 saturated heterocycles. The van der Waals surface area contributed by atoms with Crippen LogP contribution in [0, 0.1) is 0 Å². The number of amides is 1. The van der Waals surface area contributed by atoms with E-state index < -0.39 is 28.0 Å². The molecule has 10 nitrogen and oxygen atoms in total.